The fraction of sp³-hybridized carbons (Fsp3) is 0.208. The average molecular weight is 505 g/mol. The van der Waals surface area contributed by atoms with Crippen molar-refractivity contribution in [2.24, 2.45) is 0 Å². The monoisotopic (exact) mass is 504 g/mol. The number of benzene rings is 2. The maximum atomic E-state index is 13.5. The van der Waals surface area contributed by atoms with Crippen LogP contribution in [0.5, 0.6) is 0 Å². The number of carbonyl (C=O) groups excluding carboxylic acids is 2. The third-order valence-corrected chi connectivity index (χ3v) is 5.60. The number of alkyl halides is 3. The van der Waals surface area contributed by atoms with Gasteiger partial charge < -0.3 is 20.3 Å². The first kappa shape index (κ1) is 24.5. The normalized spacial score (nSPS) is 13.9. The Balaban J connectivity index is 1.58. The number of ether oxygens (including phenoxy) is 1. The summed E-state index contributed by atoms with van der Waals surface area (Å²) >= 11 is 6.16. The van der Waals surface area contributed by atoms with Crippen molar-refractivity contribution in [1.29, 1.82) is 0 Å². The van der Waals surface area contributed by atoms with Crippen LogP contribution in [0.4, 0.5) is 30.2 Å². The van der Waals surface area contributed by atoms with Gasteiger partial charge in [0.05, 0.1) is 41.2 Å². The van der Waals surface area contributed by atoms with Crippen LogP contribution in [-0.4, -0.2) is 43.1 Å². The van der Waals surface area contributed by atoms with Gasteiger partial charge in [-0.3, -0.25) is 14.6 Å². The smallest absolute Gasteiger partial charge is 0.378 e. The molecule has 1 aromatic heterocycles. The average Bonchev–Trinajstić information content (AvgIpc) is 2.85. The highest BCUT2D eigenvalue weighted by Gasteiger charge is 2.32. The second kappa shape index (κ2) is 10.3. The van der Waals surface area contributed by atoms with Crippen molar-refractivity contribution in [1.82, 2.24) is 4.98 Å². The Morgan fingerprint density at radius 1 is 0.971 bits per heavy atom. The first-order valence-electron chi connectivity index (χ1n) is 10.6. The van der Waals surface area contributed by atoms with E-state index in [0.29, 0.717) is 32.0 Å². The van der Waals surface area contributed by atoms with E-state index in [0.717, 1.165) is 12.1 Å². The van der Waals surface area contributed by atoms with E-state index in [1.54, 1.807) is 23.2 Å². The van der Waals surface area contributed by atoms with Crippen LogP contribution in [-0.2, 0) is 10.9 Å². The van der Waals surface area contributed by atoms with Crippen LogP contribution in [0.1, 0.15) is 26.3 Å². The lowest BCUT2D eigenvalue weighted by Gasteiger charge is -2.29. The largest absolute Gasteiger partial charge is 0.416 e. The minimum atomic E-state index is -4.63. The highest BCUT2D eigenvalue weighted by atomic mass is 35.5. The maximum Gasteiger partial charge on any atom is 0.416 e. The van der Waals surface area contributed by atoms with Crippen molar-refractivity contribution in [3.8, 4) is 0 Å². The molecule has 7 nitrogen and oxygen atoms in total. The fourth-order valence-corrected chi connectivity index (χ4v) is 3.73. The van der Waals surface area contributed by atoms with Gasteiger partial charge in [-0.1, -0.05) is 11.6 Å². The lowest BCUT2D eigenvalue weighted by molar-refractivity contribution is -0.137. The van der Waals surface area contributed by atoms with Crippen molar-refractivity contribution in [2.45, 2.75) is 6.18 Å². The van der Waals surface area contributed by atoms with E-state index in [1.807, 2.05) is 0 Å². The molecule has 0 bridgehead atoms. The third kappa shape index (κ3) is 6.09. The number of aromatic nitrogens is 1. The molecule has 2 N–H and O–H groups in total. The lowest BCUT2D eigenvalue weighted by atomic mass is 10.1. The summed E-state index contributed by atoms with van der Waals surface area (Å²) in [6.07, 6.45) is -1.62. The van der Waals surface area contributed by atoms with Crippen molar-refractivity contribution >= 4 is 40.5 Å². The molecule has 0 unspecified atom stereocenters. The first-order valence-corrected chi connectivity index (χ1v) is 11.0. The number of nitrogens with zero attached hydrogens (tertiary/aromatic N) is 2. The molecule has 1 fully saturated rings. The van der Waals surface area contributed by atoms with E-state index < -0.39 is 23.6 Å². The van der Waals surface area contributed by atoms with Crippen LogP contribution >= 0.6 is 11.6 Å². The Morgan fingerprint density at radius 3 is 2.40 bits per heavy atom. The zero-order valence-corrected chi connectivity index (χ0v) is 19.0. The molecule has 0 spiro atoms. The second-order valence-electron chi connectivity index (χ2n) is 7.71. The van der Waals surface area contributed by atoms with Gasteiger partial charge in [-0.05, 0) is 48.5 Å². The van der Waals surface area contributed by atoms with Crippen molar-refractivity contribution < 1.29 is 27.5 Å². The summed E-state index contributed by atoms with van der Waals surface area (Å²) in [7, 11) is 0. The van der Waals surface area contributed by atoms with Gasteiger partial charge in [0.2, 0.25) is 0 Å². The molecule has 1 saturated heterocycles. The number of rotatable bonds is 5. The Bertz CT molecular complexity index is 1230. The lowest BCUT2D eigenvalue weighted by Crippen LogP contribution is -2.36. The summed E-state index contributed by atoms with van der Waals surface area (Å²) < 4.78 is 45.9. The van der Waals surface area contributed by atoms with E-state index in [4.69, 9.17) is 16.3 Å². The van der Waals surface area contributed by atoms with Crippen LogP contribution in [0.3, 0.4) is 0 Å². The second-order valence-corrected chi connectivity index (χ2v) is 8.12. The van der Waals surface area contributed by atoms with Gasteiger partial charge in [-0.2, -0.15) is 13.2 Å². The molecule has 3 aromatic rings. The number of hydrogen-bond donors (Lipinski definition) is 2. The number of pyridine rings is 1. The van der Waals surface area contributed by atoms with Gasteiger partial charge in [0.25, 0.3) is 11.8 Å². The number of halogens is 4. The van der Waals surface area contributed by atoms with Crippen molar-refractivity contribution in [3.63, 3.8) is 0 Å². The number of morpholine rings is 1. The molecule has 0 aliphatic carbocycles. The Labute approximate surface area is 203 Å². The van der Waals surface area contributed by atoms with Crippen LogP contribution in [0, 0.1) is 0 Å². The number of nitrogens with one attached hydrogen (secondary N) is 2. The minimum absolute atomic E-state index is 0.0753. The van der Waals surface area contributed by atoms with E-state index >= 15 is 0 Å². The van der Waals surface area contributed by atoms with E-state index in [9.17, 15) is 22.8 Å². The molecular weight excluding hydrogens is 485 g/mol. The highest BCUT2D eigenvalue weighted by molar-refractivity contribution is 6.34. The van der Waals surface area contributed by atoms with Gasteiger partial charge in [-0.15, -0.1) is 0 Å². The predicted molar refractivity (Wildman–Crippen MR) is 126 cm³/mol. The Morgan fingerprint density at radius 2 is 1.71 bits per heavy atom. The maximum absolute atomic E-state index is 13.5. The molecule has 35 heavy (non-hydrogen) atoms. The van der Waals surface area contributed by atoms with E-state index in [-0.39, 0.29) is 27.5 Å². The van der Waals surface area contributed by atoms with Crippen LogP contribution in [0.15, 0.2) is 60.9 Å². The topological polar surface area (TPSA) is 83.6 Å². The Hall–Kier alpha value is -3.63. The zero-order valence-electron chi connectivity index (χ0n) is 18.2. The van der Waals surface area contributed by atoms with Gasteiger partial charge in [0, 0.05) is 36.2 Å². The molecule has 1 aliphatic rings. The number of hydrogen-bond acceptors (Lipinski definition) is 5. The molecule has 2 amide bonds. The van der Waals surface area contributed by atoms with Gasteiger partial charge >= 0.3 is 6.18 Å². The number of amides is 2. The molecule has 2 aromatic carbocycles. The summed E-state index contributed by atoms with van der Waals surface area (Å²) in [5, 5.41) is 5.33. The number of carbonyl (C=O) groups is 2. The minimum Gasteiger partial charge on any atom is -0.378 e. The molecule has 0 atom stereocenters. The van der Waals surface area contributed by atoms with Gasteiger partial charge in [-0.25, -0.2) is 0 Å². The fourth-order valence-electron chi connectivity index (χ4n) is 3.53. The summed E-state index contributed by atoms with van der Waals surface area (Å²) in [6.45, 7) is 1.59. The summed E-state index contributed by atoms with van der Waals surface area (Å²) in [5.41, 5.74) is -0.104. The highest BCUT2D eigenvalue weighted by Crippen LogP contribution is 2.33. The van der Waals surface area contributed by atoms with Crippen molar-refractivity contribution in [3.05, 3.63) is 82.6 Å². The van der Waals surface area contributed by atoms with Crippen LogP contribution in [0.2, 0.25) is 5.02 Å². The third-order valence-electron chi connectivity index (χ3n) is 5.27. The molecule has 2 heterocycles. The summed E-state index contributed by atoms with van der Waals surface area (Å²) in [5.74, 6) is -1.29. The molecule has 0 saturated carbocycles. The summed E-state index contributed by atoms with van der Waals surface area (Å²) in [4.78, 5) is 31.2. The molecule has 4 rings (SSSR count). The molecular formula is C24H20ClF3N4O3. The SMILES string of the molecule is O=C(Nc1ccc(Cl)c(C(=O)Nc2cccnc2)c1)c1cc(N2CCOCC2)cc(C(F)(F)F)c1. The predicted octanol–water partition coefficient (Wildman–Crippen LogP) is 5.10. The van der Waals surface area contributed by atoms with Crippen molar-refractivity contribution in [2.75, 3.05) is 41.8 Å². The van der Waals surface area contributed by atoms with Crippen LogP contribution in [0.25, 0.3) is 0 Å². The molecule has 1 aliphatic heterocycles. The van der Waals surface area contributed by atoms with Gasteiger partial charge in [0.15, 0.2) is 0 Å². The Kier molecular flexibility index (Phi) is 7.23. The van der Waals surface area contributed by atoms with Gasteiger partial charge in [0.1, 0.15) is 0 Å². The number of anilines is 3. The summed E-state index contributed by atoms with van der Waals surface area (Å²) in [6, 6.07) is 10.7. The molecule has 182 valence electrons. The zero-order chi connectivity index (χ0) is 25.0. The standard InChI is InChI=1S/C24H20ClF3N4O3/c25-21-4-3-17(13-20(21)23(34)31-18-2-1-5-29-14-18)30-22(33)15-10-16(24(26,27)28)12-19(11-15)32-6-8-35-9-7-32/h1-5,10-14H,6-9H2,(H,30,33)(H,31,34). The van der Waals surface area contributed by atoms with Crippen LogP contribution < -0.4 is 15.5 Å². The quantitative estimate of drug-likeness (QED) is 0.505. The first-order chi connectivity index (χ1) is 16.7. The molecule has 0 radical (unpaired) electrons. The van der Waals surface area contributed by atoms with E-state index in [1.165, 1.54) is 30.5 Å². The molecule has 11 heteroatoms. The van der Waals surface area contributed by atoms with E-state index in [2.05, 4.69) is 15.6 Å².